The van der Waals surface area contributed by atoms with E-state index in [2.05, 4.69) is 254 Å². The van der Waals surface area contributed by atoms with Crippen LogP contribution in [0.4, 0.5) is 34.1 Å². The van der Waals surface area contributed by atoms with Gasteiger partial charge in [-0.25, -0.2) is 0 Å². The van der Waals surface area contributed by atoms with Crippen molar-refractivity contribution in [2.45, 2.75) is 52.4 Å². The number of hydrogen-bond donors (Lipinski definition) is 0. The van der Waals surface area contributed by atoms with Crippen molar-refractivity contribution < 1.29 is 0 Å². The van der Waals surface area contributed by atoms with Crippen molar-refractivity contribution in [1.29, 1.82) is 0 Å². The van der Waals surface area contributed by atoms with Crippen molar-refractivity contribution >= 4 is 110 Å². The highest BCUT2D eigenvalue weighted by molar-refractivity contribution is 6.33. The third-order valence-electron chi connectivity index (χ3n) is 14.1. The molecule has 13 aromatic rings. The van der Waals surface area contributed by atoms with Crippen molar-refractivity contribution in [3.8, 4) is 0 Å². The summed E-state index contributed by atoms with van der Waals surface area (Å²) in [6.07, 6.45) is 0. The van der Waals surface area contributed by atoms with Crippen molar-refractivity contribution in [3.63, 3.8) is 0 Å². The Balaban J connectivity index is 1.28. The average molecular weight is 851 g/mol. The first kappa shape index (κ1) is 38.6. The molecule has 0 saturated heterocycles. The molecule has 4 heterocycles. The molecule has 4 aromatic heterocycles. The lowest BCUT2D eigenvalue weighted by Gasteiger charge is -2.26. The normalized spacial score (nSPS) is 12.7. The van der Waals surface area contributed by atoms with Gasteiger partial charge >= 0.3 is 0 Å². The predicted molar refractivity (Wildman–Crippen MR) is 283 cm³/mol. The zero-order chi connectivity index (χ0) is 44.6. The van der Waals surface area contributed by atoms with Crippen LogP contribution in [0.3, 0.4) is 0 Å². The molecule has 0 aliphatic carbocycles. The molecular formula is C62H50N4. The van der Waals surface area contributed by atoms with Gasteiger partial charge in [0.15, 0.2) is 0 Å². The Hall–Kier alpha value is -7.82. The van der Waals surface area contributed by atoms with Crippen LogP contribution >= 0.6 is 0 Å². The Morgan fingerprint density at radius 3 is 0.939 bits per heavy atom. The number of fused-ring (bicyclic) bond motifs is 12. The lowest BCUT2D eigenvalue weighted by Crippen LogP contribution is -2.12. The first-order valence-electron chi connectivity index (χ1n) is 23.3. The Bertz CT molecular complexity index is 3640. The van der Waals surface area contributed by atoms with Crippen LogP contribution in [0.1, 0.15) is 52.7 Å². The zero-order valence-electron chi connectivity index (χ0n) is 38.3. The molecule has 4 heteroatoms. The largest absolute Gasteiger partial charge is 0.310 e. The number of aromatic nitrogens is 2. The smallest absolute Gasteiger partial charge is 0.0641 e. The van der Waals surface area contributed by atoms with Crippen LogP contribution in [0.5, 0.6) is 0 Å². The molecule has 0 unspecified atom stereocenters. The molecule has 13 rings (SSSR count). The highest BCUT2D eigenvalue weighted by atomic mass is 15.2. The van der Waals surface area contributed by atoms with Crippen molar-refractivity contribution in [2.75, 3.05) is 9.80 Å². The third kappa shape index (κ3) is 5.39. The van der Waals surface area contributed by atoms with Crippen LogP contribution in [-0.2, 0) is 10.8 Å². The number of hydrogen-bond acceptors (Lipinski definition) is 2. The van der Waals surface area contributed by atoms with Crippen LogP contribution in [0.25, 0.3) is 76.2 Å². The van der Waals surface area contributed by atoms with Gasteiger partial charge in [-0.05, 0) is 94.8 Å². The van der Waals surface area contributed by atoms with Crippen LogP contribution in [-0.4, -0.2) is 8.80 Å². The summed E-state index contributed by atoms with van der Waals surface area (Å²) >= 11 is 0. The van der Waals surface area contributed by atoms with Crippen molar-refractivity contribution in [1.82, 2.24) is 8.80 Å². The number of para-hydroxylation sites is 6. The SMILES string of the molecule is CC(C)(C)c1cccc2c3ccc(N(c4ccccc4)c4ccccc4)c4c5cc6c(cc5n(c12)c34)c1c(N(c2ccccc2)c2ccccc2)ccc2c3cccc(C(C)(C)C)c3n6c21. The molecule has 0 atom stereocenters. The van der Waals surface area contributed by atoms with E-state index in [1.54, 1.807) is 0 Å². The standard InChI is InChI=1S/C62H50N4/c1-61(2,3)49-31-19-29-43-45-33-35-51(63(39-21-11-7-12-22-39)40-23-13-8-14-24-40)55-47-38-54-48(37-53(47)65(57(43)49)59(45)55)56-52(64(41-25-15-9-16-26-41)42-27-17-10-18-28-42)36-34-46-44-30-20-32-50(62(4,5)6)58(44)66(54)60(46)56/h7-38H,1-6H3. The van der Waals surface area contributed by atoms with Crippen LogP contribution in [0.2, 0.25) is 0 Å². The summed E-state index contributed by atoms with van der Waals surface area (Å²) in [4.78, 5) is 4.91. The molecule has 0 radical (unpaired) electrons. The maximum absolute atomic E-state index is 2.63. The van der Waals surface area contributed by atoms with Gasteiger partial charge in [0.1, 0.15) is 0 Å². The minimum Gasteiger partial charge on any atom is -0.310 e. The molecule has 4 nitrogen and oxygen atoms in total. The predicted octanol–water partition coefficient (Wildman–Crippen LogP) is 17.5. The number of benzene rings is 9. The fourth-order valence-electron chi connectivity index (χ4n) is 11.4. The van der Waals surface area contributed by atoms with Gasteiger partial charge in [0, 0.05) is 65.8 Å². The van der Waals surface area contributed by atoms with Gasteiger partial charge in [0.25, 0.3) is 0 Å². The molecular weight excluding hydrogens is 801 g/mol. The second kappa shape index (κ2) is 13.8. The number of anilines is 6. The summed E-state index contributed by atoms with van der Waals surface area (Å²) in [7, 11) is 0. The van der Waals surface area contributed by atoms with Gasteiger partial charge in [-0.15, -0.1) is 0 Å². The summed E-state index contributed by atoms with van der Waals surface area (Å²) in [5.41, 5.74) is 16.8. The quantitative estimate of drug-likeness (QED) is 0.166. The Morgan fingerprint density at radius 1 is 0.303 bits per heavy atom. The molecule has 318 valence electrons. The van der Waals surface area contributed by atoms with Gasteiger partial charge in [-0.3, -0.25) is 0 Å². The van der Waals surface area contributed by atoms with Gasteiger partial charge < -0.3 is 18.6 Å². The Morgan fingerprint density at radius 2 is 0.621 bits per heavy atom. The highest BCUT2D eigenvalue weighted by Gasteiger charge is 2.31. The molecule has 0 saturated carbocycles. The summed E-state index contributed by atoms with van der Waals surface area (Å²) in [5, 5.41) is 10.1. The molecule has 0 amide bonds. The van der Waals surface area contributed by atoms with E-state index in [4.69, 9.17) is 0 Å². The molecule has 9 aromatic carbocycles. The molecule has 66 heavy (non-hydrogen) atoms. The second-order valence-corrected chi connectivity index (χ2v) is 20.2. The Labute approximate surface area is 384 Å². The van der Waals surface area contributed by atoms with Gasteiger partial charge in [-0.1, -0.05) is 163 Å². The van der Waals surface area contributed by atoms with E-state index in [0.29, 0.717) is 0 Å². The maximum Gasteiger partial charge on any atom is 0.0641 e. The first-order chi connectivity index (χ1) is 32.1. The zero-order valence-corrected chi connectivity index (χ0v) is 38.3. The highest BCUT2D eigenvalue weighted by Crippen LogP contribution is 2.53. The van der Waals surface area contributed by atoms with Crippen LogP contribution in [0.15, 0.2) is 194 Å². The van der Waals surface area contributed by atoms with Crippen molar-refractivity contribution in [3.05, 3.63) is 205 Å². The molecule has 0 aliphatic rings. The van der Waals surface area contributed by atoms with Gasteiger partial charge in [0.2, 0.25) is 0 Å². The molecule has 0 aliphatic heterocycles. The van der Waals surface area contributed by atoms with E-state index in [1.807, 2.05) is 0 Å². The second-order valence-electron chi connectivity index (χ2n) is 20.2. The lowest BCUT2D eigenvalue weighted by atomic mass is 9.85. The van der Waals surface area contributed by atoms with E-state index in [0.717, 1.165) is 34.1 Å². The Kier molecular flexibility index (Phi) is 8.10. The fourth-order valence-corrected chi connectivity index (χ4v) is 11.4. The average Bonchev–Trinajstić information content (AvgIpc) is 4.06. The summed E-state index contributed by atoms with van der Waals surface area (Å²) in [6.45, 7) is 14.1. The summed E-state index contributed by atoms with van der Waals surface area (Å²) in [5.74, 6) is 0. The van der Waals surface area contributed by atoms with Gasteiger partial charge in [0.05, 0.1) is 44.5 Å². The van der Waals surface area contributed by atoms with E-state index >= 15 is 0 Å². The molecule has 0 bridgehead atoms. The molecule has 0 N–H and O–H groups in total. The monoisotopic (exact) mass is 850 g/mol. The number of rotatable bonds is 6. The maximum atomic E-state index is 2.63. The third-order valence-corrected chi connectivity index (χ3v) is 14.1. The molecule has 0 spiro atoms. The fraction of sp³-hybridized carbons (Fsp3) is 0.129. The van der Waals surface area contributed by atoms with E-state index in [-0.39, 0.29) is 10.8 Å². The summed E-state index contributed by atoms with van der Waals surface area (Å²) < 4.78 is 5.26. The minimum atomic E-state index is -0.0960. The van der Waals surface area contributed by atoms with Crippen LogP contribution < -0.4 is 9.80 Å². The summed E-state index contributed by atoms with van der Waals surface area (Å²) in [6, 6.07) is 71.9. The van der Waals surface area contributed by atoms with Crippen LogP contribution in [0, 0.1) is 0 Å². The van der Waals surface area contributed by atoms with E-state index in [1.165, 1.54) is 87.3 Å². The molecule has 0 fully saturated rings. The van der Waals surface area contributed by atoms with E-state index < -0.39 is 0 Å². The first-order valence-corrected chi connectivity index (χ1v) is 23.3. The van der Waals surface area contributed by atoms with E-state index in [9.17, 15) is 0 Å². The topological polar surface area (TPSA) is 15.3 Å². The lowest BCUT2D eigenvalue weighted by molar-refractivity contribution is 0.594. The minimum absolute atomic E-state index is 0.0960. The number of nitrogens with zero attached hydrogens (tertiary/aromatic N) is 4. The van der Waals surface area contributed by atoms with Crippen molar-refractivity contribution in [2.24, 2.45) is 0 Å². The van der Waals surface area contributed by atoms with Gasteiger partial charge in [-0.2, -0.15) is 0 Å².